The van der Waals surface area contributed by atoms with Crippen LogP contribution in [0.2, 0.25) is 0 Å². The molecule has 0 heterocycles. The van der Waals surface area contributed by atoms with Crippen LogP contribution in [-0.2, 0) is 6.42 Å². The van der Waals surface area contributed by atoms with Gasteiger partial charge in [0.05, 0.1) is 11.1 Å². The van der Waals surface area contributed by atoms with Gasteiger partial charge in [0, 0.05) is 19.6 Å². The van der Waals surface area contributed by atoms with Gasteiger partial charge in [-0.3, -0.25) is 9.59 Å². The Morgan fingerprint density at radius 3 is 2.33 bits per heavy atom. The zero-order chi connectivity index (χ0) is 22.1. The van der Waals surface area contributed by atoms with Crippen molar-refractivity contribution >= 4 is 11.8 Å². The number of rotatable bonds is 10. The van der Waals surface area contributed by atoms with Crippen molar-refractivity contribution in [3.63, 3.8) is 0 Å². The standard InChI is InChI=1S/C23H30N2O5/c1-3-9-16-10-7-11-17(20(16)27)22(29)24-14-5-6-15-25(4-2)23(30)18-12-8-13-19(26)21(18)28/h7-8,10-13,26-28H,3-6,9,14-15H2,1-2H3,(H,24,29). The molecule has 0 atom stereocenters. The first kappa shape index (κ1) is 23.1. The van der Waals surface area contributed by atoms with E-state index >= 15 is 0 Å². The Morgan fingerprint density at radius 2 is 1.63 bits per heavy atom. The average Bonchev–Trinajstić information content (AvgIpc) is 2.73. The van der Waals surface area contributed by atoms with Gasteiger partial charge in [-0.05, 0) is 49.9 Å². The second-order valence-corrected chi connectivity index (χ2v) is 7.08. The van der Waals surface area contributed by atoms with E-state index in [0.29, 0.717) is 38.9 Å². The van der Waals surface area contributed by atoms with Gasteiger partial charge in [0.1, 0.15) is 5.75 Å². The number of aryl methyl sites for hydroxylation is 1. The lowest BCUT2D eigenvalue weighted by Gasteiger charge is -2.21. The molecule has 2 amide bonds. The number of nitrogens with one attached hydrogen (secondary N) is 1. The average molecular weight is 415 g/mol. The fourth-order valence-electron chi connectivity index (χ4n) is 3.25. The van der Waals surface area contributed by atoms with Crippen molar-refractivity contribution in [2.45, 2.75) is 39.5 Å². The molecule has 0 saturated carbocycles. The van der Waals surface area contributed by atoms with Gasteiger partial charge in [-0.25, -0.2) is 0 Å². The third-order valence-electron chi connectivity index (χ3n) is 4.94. The third kappa shape index (κ3) is 5.65. The Hall–Kier alpha value is -3.22. The number of aromatic hydroxyl groups is 3. The zero-order valence-corrected chi connectivity index (χ0v) is 17.5. The maximum absolute atomic E-state index is 12.6. The van der Waals surface area contributed by atoms with E-state index in [2.05, 4.69) is 5.32 Å². The topological polar surface area (TPSA) is 110 Å². The van der Waals surface area contributed by atoms with Crippen LogP contribution in [0.25, 0.3) is 0 Å². The normalized spacial score (nSPS) is 10.6. The van der Waals surface area contributed by atoms with Crippen molar-refractivity contribution < 1.29 is 24.9 Å². The molecule has 0 fully saturated rings. The van der Waals surface area contributed by atoms with E-state index < -0.39 is 5.75 Å². The number of phenolic OH excluding ortho intramolecular Hbond substituents is 3. The molecule has 7 heteroatoms. The van der Waals surface area contributed by atoms with Gasteiger partial charge in [0.15, 0.2) is 11.5 Å². The van der Waals surface area contributed by atoms with Gasteiger partial charge in [-0.15, -0.1) is 0 Å². The molecule has 0 spiro atoms. The number of hydrogen-bond acceptors (Lipinski definition) is 5. The maximum Gasteiger partial charge on any atom is 0.257 e. The van der Waals surface area contributed by atoms with Crippen LogP contribution in [-0.4, -0.2) is 51.7 Å². The zero-order valence-electron chi connectivity index (χ0n) is 17.5. The molecule has 0 radical (unpaired) electrons. The number of amides is 2. The molecule has 4 N–H and O–H groups in total. The Kier molecular flexibility index (Phi) is 8.53. The lowest BCUT2D eigenvalue weighted by Crippen LogP contribution is -2.32. The molecule has 0 aliphatic rings. The molecule has 0 aromatic heterocycles. The van der Waals surface area contributed by atoms with Gasteiger partial charge < -0.3 is 25.5 Å². The first-order chi connectivity index (χ1) is 14.4. The van der Waals surface area contributed by atoms with E-state index in [1.807, 2.05) is 19.9 Å². The summed E-state index contributed by atoms with van der Waals surface area (Å²) in [4.78, 5) is 26.5. The van der Waals surface area contributed by atoms with Crippen LogP contribution >= 0.6 is 0 Å². The predicted octanol–water partition coefficient (Wildman–Crippen LogP) is 3.43. The predicted molar refractivity (Wildman–Crippen MR) is 115 cm³/mol. The van der Waals surface area contributed by atoms with E-state index in [0.717, 1.165) is 12.0 Å². The summed E-state index contributed by atoms with van der Waals surface area (Å²) in [6, 6.07) is 9.48. The summed E-state index contributed by atoms with van der Waals surface area (Å²) in [5.41, 5.74) is 1.09. The van der Waals surface area contributed by atoms with Gasteiger partial charge in [-0.2, -0.15) is 0 Å². The first-order valence-corrected chi connectivity index (χ1v) is 10.3. The van der Waals surface area contributed by atoms with E-state index in [-0.39, 0.29) is 34.4 Å². The van der Waals surface area contributed by atoms with Crippen LogP contribution in [0.3, 0.4) is 0 Å². The van der Waals surface area contributed by atoms with E-state index in [1.54, 1.807) is 17.0 Å². The lowest BCUT2D eigenvalue weighted by molar-refractivity contribution is 0.0756. The first-order valence-electron chi connectivity index (χ1n) is 10.3. The molecule has 30 heavy (non-hydrogen) atoms. The van der Waals surface area contributed by atoms with Crippen molar-refractivity contribution in [3.8, 4) is 17.2 Å². The molecule has 2 aromatic rings. The quantitative estimate of drug-likeness (QED) is 0.352. The molecular weight excluding hydrogens is 384 g/mol. The third-order valence-corrected chi connectivity index (χ3v) is 4.94. The van der Waals surface area contributed by atoms with E-state index in [9.17, 15) is 24.9 Å². The number of carbonyl (C=O) groups is 2. The molecule has 7 nitrogen and oxygen atoms in total. The Morgan fingerprint density at radius 1 is 0.933 bits per heavy atom. The van der Waals surface area contributed by atoms with Crippen molar-refractivity contribution in [3.05, 3.63) is 53.1 Å². The number of nitrogens with zero attached hydrogens (tertiary/aromatic N) is 1. The van der Waals surface area contributed by atoms with Crippen molar-refractivity contribution in [2.75, 3.05) is 19.6 Å². The number of carbonyl (C=O) groups excluding carboxylic acids is 2. The molecule has 0 bridgehead atoms. The number of hydrogen-bond donors (Lipinski definition) is 4. The van der Waals surface area contributed by atoms with Gasteiger partial charge >= 0.3 is 0 Å². The second kappa shape index (κ2) is 11.1. The number of unbranched alkanes of at least 4 members (excludes halogenated alkanes) is 1. The van der Waals surface area contributed by atoms with Crippen LogP contribution in [0.5, 0.6) is 17.2 Å². The van der Waals surface area contributed by atoms with Crippen LogP contribution in [0.15, 0.2) is 36.4 Å². The Bertz CT molecular complexity index is 882. The van der Waals surface area contributed by atoms with Crippen molar-refractivity contribution in [1.82, 2.24) is 10.2 Å². The van der Waals surface area contributed by atoms with Gasteiger partial charge in [0.25, 0.3) is 11.8 Å². The summed E-state index contributed by atoms with van der Waals surface area (Å²) in [6.45, 7) is 5.18. The highest BCUT2D eigenvalue weighted by atomic mass is 16.3. The van der Waals surface area contributed by atoms with Crippen LogP contribution < -0.4 is 5.32 Å². The molecule has 0 aliphatic carbocycles. The summed E-state index contributed by atoms with van der Waals surface area (Å²) >= 11 is 0. The number of phenols is 3. The molecule has 0 aliphatic heterocycles. The number of para-hydroxylation sites is 2. The highest BCUT2D eigenvalue weighted by Gasteiger charge is 2.19. The molecular formula is C23H30N2O5. The highest BCUT2D eigenvalue weighted by molar-refractivity contribution is 5.98. The van der Waals surface area contributed by atoms with Crippen LogP contribution in [0, 0.1) is 0 Å². The SMILES string of the molecule is CCCc1cccc(C(=O)NCCCCN(CC)C(=O)c2cccc(O)c2O)c1O. The molecule has 0 saturated heterocycles. The van der Waals surface area contributed by atoms with Crippen LogP contribution in [0.4, 0.5) is 0 Å². The van der Waals surface area contributed by atoms with Crippen molar-refractivity contribution in [1.29, 1.82) is 0 Å². The summed E-state index contributed by atoms with van der Waals surface area (Å²) in [5, 5.41) is 32.6. The van der Waals surface area contributed by atoms with E-state index in [4.69, 9.17) is 0 Å². The van der Waals surface area contributed by atoms with Crippen molar-refractivity contribution in [2.24, 2.45) is 0 Å². The molecule has 162 valence electrons. The minimum Gasteiger partial charge on any atom is -0.507 e. The fourth-order valence-corrected chi connectivity index (χ4v) is 3.25. The van der Waals surface area contributed by atoms with E-state index in [1.165, 1.54) is 18.2 Å². The molecule has 2 rings (SSSR count). The monoisotopic (exact) mass is 414 g/mol. The molecule has 0 unspecified atom stereocenters. The summed E-state index contributed by atoms with van der Waals surface area (Å²) in [6.07, 6.45) is 2.90. The fraction of sp³-hybridized carbons (Fsp3) is 0.391. The van der Waals surface area contributed by atoms with Gasteiger partial charge in [-0.1, -0.05) is 31.5 Å². The largest absolute Gasteiger partial charge is 0.507 e. The minimum absolute atomic E-state index is 0.0329. The Balaban J connectivity index is 1.84. The maximum atomic E-state index is 12.6. The minimum atomic E-state index is -0.418. The summed E-state index contributed by atoms with van der Waals surface area (Å²) in [7, 11) is 0. The summed E-state index contributed by atoms with van der Waals surface area (Å²) in [5.74, 6) is -1.39. The van der Waals surface area contributed by atoms with Crippen LogP contribution in [0.1, 0.15) is 59.4 Å². The molecule has 2 aromatic carbocycles. The summed E-state index contributed by atoms with van der Waals surface area (Å²) < 4.78 is 0. The Labute approximate surface area is 177 Å². The lowest BCUT2D eigenvalue weighted by atomic mass is 10.0. The smallest absolute Gasteiger partial charge is 0.257 e. The number of benzene rings is 2. The second-order valence-electron chi connectivity index (χ2n) is 7.08. The van der Waals surface area contributed by atoms with Gasteiger partial charge in [0.2, 0.25) is 0 Å². The highest BCUT2D eigenvalue weighted by Crippen LogP contribution is 2.29.